The van der Waals surface area contributed by atoms with Gasteiger partial charge in [-0.1, -0.05) is 37.0 Å². The molecular formula is C20H23BCl2N2O9. The van der Waals surface area contributed by atoms with Crippen LogP contribution in [0.4, 0.5) is 0 Å². The highest BCUT2D eigenvalue weighted by atomic mass is 35.5. The first-order valence-corrected chi connectivity index (χ1v) is 10.9. The smallest absolute Gasteiger partial charge is 0.506 e. The van der Waals surface area contributed by atoms with Crippen LogP contribution in [0.1, 0.15) is 43.5 Å². The molecule has 1 saturated heterocycles. The molecule has 11 nitrogen and oxygen atoms in total. The Balaban J connectivity index is 2.10. The van der Waals surface area contributed by atoms with E-state index in [1.807, 2.05) is 13.8 Å². The maximum Gasteiger partial charge on any atom is 0.552 e. The molecule has 2 rings (SSSR count). The highest BCUT2D eigenvalue weighted by Crippen LogP contribution is 2.32. The van der Waals surface area contributed by atoms with Crippen LogP contribution in [0.3, 0.4) is 0 Å². The third-order valence-electron chi connectivity index (χ3n) is 4.79. The van der Waals surface area contributed by atoms with E-state index < -0.39 is 67.8 Å². The number of carboxylic acids is 2. The second kappa shape index (κ2) is 11.5. The first kappa shape index (κ1) is 27.4. The summed E-state index contributed by atoms with van der Waals surface area (Å²) < 4.78 is 10.6. The first-order chi connectivity index (χ1) is 15.8. The van der Waals surface area contributed by atoms with Crippen molar-refractivity contribution in [2.75, 3.05) is 6.54 Å². The molecule has 184 valence electrons. The van der Waals surface area contributed by atoms with Crippen molar-refractivity contribution in [2.45, 2.75) is 44.7 Å². The summed E-state index contributed by atoms with van der Waals surface area (Å²) in [4.78, 5) is 59.7. The molecule has 1 aromatic rings. The number of aliphatic carboxylic acids is 2. The van der Waals surface area contributed by atoms with Gasteiger partial charge in [-0.25, -0.2) is 0 Å². The van der Waals surface area contributed by atoms with Crippen molar-refractivity contribution in [1.82, 2.24) is 10.6 Å². The SMILES string of the molecule is CC(C)C[C@@H](NC(=O)CNC(=O)c1cc(Cl)ccc1Cl)B1OC(=O)C(CC(=O)O)(CC(=O)O)O1. The third kappa shape index (κ3) is 7.34. The summed E-state index contributed by atoms with van der Waals surface area (Å²) in [5.41, 5.74) is -2.15. The van der Waals surface area contributed by atoms with Gasteiger partial charge >= 0.3 is 25.0 Å². The predicted molar refractivity (Wildman–Crippen MR) is 120 cm³/mol. The van der Waals surface area contributed by atoms with E-state index in [9.17, 15) is 24.0 Å². The second-order valence-electron chi connectivity index (χ2n) is 8.14. The molecule has 0 bridgehead atoms. The van der Waals surface area contributed by atoms with Gasteiger partial charge in [-0.3, -0.25) is 24.0 Å². The number of carboxylic acid groups (broad SMARTS) is 2. The van der Waals surface area contributed by atoms with E-state index in [1.54, 1.807) is 0 Å². The summed E-state index contributed by atoms with van der Waals surface area (Å²) in [5, 5.41) is 23.7. The molecule has 34 heavy (non-hydrogen) atoms. The second-order valence-corrected chi connectivity index (χ2v) is 8.98. The van der Waals surface area contributed by atoms with Crippen molar-refractivity contribution in [3.05, 3.63) is 33.8 Å². The quantitative estimate of drug-likeness (QED) is 0.318. The van der Waals surface area contributed by atoms with Crippen molar-refractivity contribution in [3.63, 3.8) is 0 Å². The molecule has 1 fully saturated rings. The number of amides is 2. The van der Waals surface area contributed by atoms with Crippen LogP contribution in [-0.4, -0.2) is 65.1 Å². The molecule has 1 atom stereocenters. The highest BCUT2D eigenvalue weighted by molar-refractivity contribution is 6.51. The molecule has 14 heteroatoms. The predicted octanol–water partition coefficient (Wildman–Crippen LogP) is 1.54. The maximum absolute atomic E-state index is 12.5. The number of nitrogens with one attached hydrogen (secondary N) is 2. The number of rotatable bonds is 11. The molecule has 0 saturated carbocycles. The standard InChI is InChI=1S/C20H23BCl2N2O9/c1-10(2)5-14(21-33-19(32)20(34-21,7-16(27)28)8-17(29)30)25-15(26)9-24-18(31)12-6-11(22)3-4-13(12)23/h3-4,6,10,14H,5,7-9H2,1-2H3,(H,24,31)(H,25,26)(H,27,28)(H,29,30)/t14-/m1/s1. The van der Waals surface area contributed by atoms with Crippen LogP contribution in [0.15, 0.2) is 18.2 Å². The third-order valence-corrected chi connectivity index (χ3v) is 5.36. The highest BCUT2D eigenvalue weighted by Gasteiger charge is 2.57. The minimum absolute atomic E-state index is 0.0265. The van der Waals surface area contributed by atoms with Crippen LogP contribution < -0.4 is 10.6 Å². The summed E-state index contributed by atoms with van der Waals surface area (Å²) >= 11 is 11.8. The Kier molecular flexibility index (Phi) is 9.31. The molecule has 1 aromatic carbocycles. The summed E-state index contributed by atoms with van der Waals surface area (Å²) in [5.74, 6) is -6.32. The van der Waals surface area contributed by atoms with Gasteiger partial charge in [-0.15, -0.1) is 0 Å². The lowest BCUT2D eigenvalue weighted by Crippen LogP contribution is -2.51. The maximum atomic E-state index is 12.5. The molecule has 1 heterocycles. The average molecular weight is 517 g/mol. The van der Waals surface area contributed by atoms with Crippen LogP contribution in [0.25, 0.3) is 0 Å². The lowest BCUT2D eigenvalue weighted by Gasteiger charge is -2.24. The Bertz CT molecular complexity index is 973. The van der Waals surface area contributed by atoms with Gasteiger partial charge in [0.15, 0.2) is 5.60 Å². The number of carbonyl (C=O) groups excluding carboxylic acids is 3. The van der Waals surface area contributed by atoms with Crippen molar-refractivity contribution in [3.8, 4) is 0 Å². The fourth-order valence-corrected chi connectivity index (χ4v) is 3.76. The van der Waals surface area contributed by atoms with Crippen LogP contribution >= 0.6 is 23.2 Å². The molecule has 0 radical (unpaired) electrons. The van der Waals surface area contributed by atoms with Crippen molar-refractivity contribution < 1.29 is 43.5 Å². The number of halogens is 2. The topological polar surface area (TPSA) is 168 Å². The normalized spacial score (nSPS) is 15.6. The van der Waals surface area contributed by atoms with Crippen LogP contribution in [0, 0.1) is 5.92 Å². The van der Waals surface area contributed by atoms with Gasteiger partial charge in [0, 0.05) is 5.02 Å². The van der Waals surface area contributed by atoms with E-state index in [-0.39, 0.29) is 27.9 Å². The average Bonchev–Trinajstić information content (AvgIpc) is 3.01. The largest absolute Gasteiger partial charge is 0.552 e. The monoisotopic (exact) mass is 516 g/mol. The molecule has 1 aliphatic heterocycles. The van der Waals surface area contributed by atoms with Crippen molar-refractivity contribution >= 4 is 60.0 Å². The van der Waals surface area contributed by atoms with Gasteiger partial charge in [0.05, 0.1) is 35.9 Å². The Labute approximate surface area is 205 Å². The fourth-order valence-electron chi connectivity index (χ4n) is 3.38. The van der Waals surface area contributed by atoms with Crippen LogP contribution in [0.5, 0.6) is 0 Å². The number of hydrogen-bond donors (Lipinski definition) is 4. The zero-order chi connectivity index (χ0) is 25.6. The lowest BCUT2D eigenvalue weighted by molar-refractivity contribution is -0.157. The number of hydrogen-bond acceptors (Lipinski definition) is 7. The minimum Gasteiger partial charge on any atom is -0.506 e. The van der Waals surface area contributed by atoms with Crippen molar-refractivity contribution in [1.29, 1.82) is 0 Å². The molecular weight excluding hydrogens is 494 g/mol. The Morgan fingerprint density at radius 2 is 1.74 bits per heavy atom. The van der Waals surface area contributed by atoms with Gasteiger partial charge in [0.2, 0.25) is 5.91 Å². The molecule has 2 amide bonds. The molecule has 4 N–H and O–H groups in total. The van der Waals surface area contributed by atoms with E-state index in [0.29, 0.717) is 0 Å². The van der Waals surface area contributed by atoms with E-state index in [2.05, 4.69) is 10.6 Å². The van der Waals surface area contributed by atoms with Gasteiger partial charge < -0.3 is 30.2 Å². The summed E-state index contributed by atoms with van der Waals surface area (Å²) in [6, 6.07) is 4.28. The van der Waals surface area contributed by atoms with Gasteiger partial charge in [-0.2, -0.15) is 0 Å². The number of carbonyl (C=O) groups is 5. The van der Waals surface area contributed by atoms with Crippen LogP contribution in [0.2, 0.25) is 10.0 Å². The van der Waals surface area contributed by atoms with E-state index in [4.69, 9.17) is 42.7 Å². The van der Waals surface area contributed by atoms with Crippen LogP contribution in [-0.2, 0) is 28.5 Å². The molecule has 0 unspecified atom stereocenters. The van der Waals surface area contributed by atoms with Gasteiger partial charge in [-0.05, 0) is 30.5 Å². The Morgan fingerprint density at radius 1 is 1.12 bits per heavy atom. The van der Waals surface area contributed by atoms with E-state index >= 15 is 0 Å². The summed E-state index contributed by atoms with van der Waals surface area (Å²) in [6.07, 6.45) is -1.60. The number of benzene rings is 1. The van der Waals surface area contributed by atoms with E-state index in [0.717, 1.165) is 0 Å². The zero-order valence-electron chi connectivity index (χ0n) is 18.3. The molecule has 0 aromatic heterocycles. The fraction of sp³-hybridized carbons (Fsp3) is 0.450. The molecule has 0 spiro atoms. The summed E-state index contributed by atoms with van der Waals surface area (Å²) in [6.45, 7) is 3.17. The zero-order valence-corrected chi connectivity index (χ0v) is 19.8. The molecule has 0 aliphatic carbocycles. The minimum atomic E-state index is -2.22. The van der Waals surface area contributed by atoms with Gasteiger partial charge in [0.1, 0.15) is 0 Å². The lowest BCUT2D eigenvalue weighted by atomic mass is 9.74. The molecule has 1 aliphatic rings. The van der Waals surface area contributed by atoms with E-state index in [1.165, 1.54) is 18.2 Å². The van der Waals surface area contributed by atoms with Crippen molar-refractivity contribution in [2.24, 2.45) is 5.92 Å². The first-order valence-electron chi connectivity index (χ1n) is 10.2. The summed E-state index contributed by atoms with van der Waals surface area (Å²) in [7, 11) is -1.42. The Hall–Kier alpha value is -2.83. The van der Waals surface area contributed by atoms with Gasteiger partial charge in [0.25, 0.3) is 5.91 Å². The Morgan fingerprint density at radius 3 is 2.29 bits per heavy atom.